The molecule has 0 bridgehead atoms. The first-order chi connectivity index (χ1) is 10.6. The molecule has 0 aliphatic carbocycles. The molecule has 2 atom stereocenters. The molecule has 0 N–H and O–H groups in total. The average Bonchev–Trinajstić information content (AvgIpc) is 2.42. The van der Waals surface area contributed by atoms with Gasteiger partial charge >= 0.3 is 0 Å². The first-order valence-electron chi connectivity index (χ1n) is 8.11. The standard InChI is InChI=1S/C19H31O3P.Li/c1-12(10-19(4,5)6)11-23-18(20)15-16(21-7)13(2)9-14(3)17(15)22-8;/h9,12,23H,10-11H2,1-8H3;. The van der Waals surface area contributed by atoms with E-state index in [1.165, 1.54) is 0 Å². The van der Waals surface area contributed by atoms with E-state index in [2.05, 4.69) is 27.7 Å². The average molecular weight is 345 g/mol. The maximum Gasteiger partial charge on any atom is 0.188 e. The van der Waals surface area contributed by atoms with E-state index in [0.29, 0.717) is 28.4 Å². The number of benzene rings is 1. The van der Waals surface area contributed by atoms with Gasteiger partial charge in [-0.3, -0.25) is 4.79 Å². The van der Waals surface area contributed by atoms with Gasteiger partial charge in [0.1, 0.15) is 17.1 Å². The van der Waals surface area contributed by atoms with Crippen LogP contribution in [0.15, 0.2) is 6.07 Å². The van der Waals surface area contributed by atoms with Crippen LogP contribution < -0.4 is 9.47 Å². The number of carbonyl (C=O) groups excluding carboxylic acids is 1. The van der Waals surface area contributed by atoms with E-state index in [-0.39, 0.29) is 33.0 Å². The van der Waals surface area contributed by atoms with Crippen molar-refractivity contribution in [3.8, 4) is 11.5 Å². The molecule has 1 radical (unpaired) electrons. The number of hydrogen-bond donors (Lipinski definition) is 0. The zero-order valence-corrected chi connectivity index (χ0v) is 17.8. The molecule has 0 heterocycles. The second kappa shape index (κ2) is 9.86. The molecular formula is C19H31LiO3P. The monoisotopic (exact) mass is 345 g/mol. The van der Waals surface area contributed by atoms with Crippen molar-refractivity contribution in [3.63, 3.8) is 0 Å². The van der Waals surface area contributed by atoms with Crippen molar-refractivity contribution in [2.24, 2.45) is 11.3 Å². The Morgan fingerprint density at radius 2 is 1.58 bits per heavy atom. The van der Waals surface area contributed by atoms with E-state index in [1.807, 2.05) is 19.9 Å². The van der Waals surface area contributed by atoms with Crippen LogP contribution in [0.5, 0.6) is 11.5 Å². The number of carbonyl (C=O) groups is 1. The fourth-order valence-electron chi connectivity index (χ4n) is 3.16. The quantitative estimate of drug-likeness (QED) is 0.524. The summed E-state index contributed by atoms with van der Waals surface area (Å²) in [6.07, 6.45) is 2.03. The molecule has 0 fully saturated rings. The van der Waals surface area contributed by atoms with Crippen LogP contribution in [0, 0.1) is 25.2 Å². The molecule has 0 saturated heterocycles. The molecule has 0 aliphatic heterocycles. The Morgan fingerprint density at radius 1 is 1.12 bits per heavy atom. The van der Waals surface area contributed by atoms with Crippen LogP contribution in [-0.2, 0) is 0 Å². The fourth-order valence-corrected chi connectivity index (χ4v) is 4.24. The summed E-state index contributed by atoms with van der Waals surface area (Å²) in [5, 5.41) is 0. The number of ether oxygens (including phenoxy) is 2. The molecule has 1 aromatic carbocycles. The Hall–Kier alpha value is -0.483. The third-order valence-corrected chi connectivity index (χ3v) is 5.28. The second-order valence-electron chi connectivity index (χ2n) is 7.53. The van der Waals surface area contributed by atoms with E-state index in [1.54, 1.807) is 14.2 Å². The van der Waals surface area contributed by atoms with Crippen molar-refractivity contribution < 1.29 is 14.3 Å². The van der Waals surface area contributed by atoms with Crippen molar-refractivity contribution in [1.82, 2.24) is 0 Å². The van der Waals surface area contributed by atoms with E-state index < -0.39 is 0 Å². The maximum absolute atomic E-state index is 12.8. The van der Waals surface area contributed by atoms with Crippen LogP contribution in [0.3, 0.4) is 0 Å². The van der Waals surface area contributed by atoms with Gasteiger partial charge in [0.15, 0.2) is 5.52 Å². The van der Waals surface area contributed by atoms with Gasteiger partial charge in [-0.15, -0.1) is 0 Å². The minimum absolute atomic E-state index is 0. The van der Waals surface area contributed by atoms with Crippen LogP contribution in [0.1, 0.15) is 55.6 Å². The van der Waals surface area contributed by atoms with E-state index in [0.717, 1.165) is 23.7 Å². The topological polar surface area (TPSA) is 35.5 Å². The number of aryl methyl sites for hydroxylation is 2. The molecule has 2 unspecified atom stereocenters. The van der Waals surface area contributed by atoms with Gasteiger partial charge in [-0.1, -0.05) is 27.7 Å². The molecule has 1 aromatic rings. The minimum Gasteiger partial charge on any atom is -0.496 e. The Labute approximate surface area is 161 Å². The van der Waals surface area contributed by atoms with E-state index in [4.69, 9.17) is 9.47 Å². The van der Waals surface area contributed by atoms with Gasteiger partial charge in [-0.05, 0) is 63.5 Å². The first kappa shape index (κ1) is 23.5. The fraction of sp³-hybridized carbons (Fsp3) is 0.632. The van der Waals surface area contributed by atoms with Gasteiger partial charge in [0.2, 0.25) is 0 Å². The minimum atomic E-state index is 0. The predicted octanol–water partition coefficient (Wildman–Crippen LogP) is 4.83. The zero-order valence-electron chi connectivity index (χ0n) is 16.8. The zero-order chi connectivity index (χ0) is 17.8. The summed E-state index contributed by atoms with van der Waals surface area (Å²) < 4.78 is 11.0. The Balaban J connectivity index is 0.00000529. The normalized spacial score (nSPS) is 12.8. The molecular weight excluding hydrogens is 314 g/mol. The predicted molar refractivity (Wildman–Crippen MR) is 106 cm³/mol. The van der Waals surface area contributed by atoms with Crippen molar-refractivity contribution >= 4 is 33.0 Å². The summed E-state index contributed by atoms with van der Waals surface area (Å²) in [6, 6.07) is 2.00. The van der Waals surface area contributed by atoms with Gasteiger partial charge in [-0.25, -0.2) is 0 Å². The smallest absolute Gasteiger partial charge is 0.188 e. The summed E-state index contributed by atoms with van der Waals surface area (Å²) in [6.45, 7) is 12.9. The summed E-state index contributed by atoms with van der Waals surface area (Å²) >= 11 is 0. The SMILES string of the molecule is COc1c(C)cc(C)c(OC)c1C(=O)PCC(C)CC(C)(C)C.[Li]. The largest absolute Gasteiger partial charge is 0.496 e. The first-order valence-corrected chi connectivity index (χ1v) is 9.31. The Bertz CT molecular complexity index is 536. The van der Waals surface area contributed by atoms with Crippen molar-refractivity contribution in [2.45, 2.75) is 48.0 Å². The third-order valence-electron chi connectivity index (χ3n) is 3.81. The molecule has 0 amide bonds. The molecule has 5 heteroatoms. The van der Waals surface area contributed by atoms with E-state index >= 15 is 0 Å². The third kappa shape index (κ3) is 6.44. The molecule has 131 valence electrons. The maximum atomic E-state index is 12.8. The van der Waals surface area contributed by atoms with Gasteiger partial charge in [-0.2, -0.15) is 0 Å². The summed E-state index contributed by atoms with van der Waals surface area (Å²) in [5.74, 6) is 1.82. The van der Waals surface area contributed by atoms with E-state index in [9.17, 15) is 4.79 Å². The summed E-state index contributed by atoms with van der Waals surface area (Å²) in [7, 11) is 3.46. The molecule has 1 rings (SSSR count). The van der Waals surface area contributed by atoms with Crippen LogP contribution in [0.25, 0.3) is 0 Å². The second-order valence-corrected chi connectivity index (χ2v) is 8.75. The number of methoxy groups -OCH3 is 2. The summed E-state index contributed by atoms with van der Waals surface area (Å²) in [5.41, 5.74) is 2.98. The Morgan fingerprint density at radius 3 is 1.96 bits per heavy atom. The van der Waals surface area contributed by atoms with Crippen molar-refractivity contribution in [3.05, 3.63) is 22.8 Å². The van der Waals surface area contributed by atoms with Crippen LogP contribution >= 0.6 is 8.58 Å². The van der Waals surface area contributed by atoms with Crippen LogP contribution in [0.4, 0.5) is 0 Å². The van der Waals surface area contributed by atoms with Gasteiger partial charge in [0.25, 0.3) is 0 Å². The Kier molecular flexibility index (Phi) is 9.66. The summed E-state index contributed by atoms with van der Waals surface area (Å²) in [4.78, 5) is 12.8. The molecule has 0 saturated carbocycles. The van der Waals surface area contributed by atoms with Crippen molar-refractivity contribution in [1.29, 1.82) is 0 Å². The molecule has 3 nitrogen and oxygen atoms in total. The van der Waals surface area contributed by atoms with Crippen LogP contribution in [-0.4, -0.2) is 44.8 Å². The van der Waals surface area contributed by atoms with Crippen LogP contribution in [0.2, 0.25) is 0 Å². The molecule has 0 aliphatic rings. The van der Waals surface area contributed by atoms with Gasteiger partial charge in [0.05, 0.1) is 14.2 Å². The molecule has 24 heavy (non-hydrogen) atoms. The number of rotatable bonds is 7. The number of hydrogen-bond acceptors (Lipinski definition) is 3. The van der Waals surface area contributed by atoms with Crippen molar-refractivity contribution in [2.75, 3.05) is 20.4 Å². The molecule has 0 aromatic heterocycles. The van der Waals surface area contributed by atoms with Gasteiger partial charge in [0, 0.05) is 18.9 Å². The molecule has 0 spiro atoms. The van der Waals surface area contributed by atoms with Gasteiger partial charge < -0.3 is 9.47 Å².